The highest BCUT2D eigenvalue weighted by atomic mass is 32.2. The zero-order chi connectivity index (χ0) is 15.3. The van der Waals surface area contributed by atoms with Crippen molar-refractivity contribution in [1.29, 1.82) is 5.41 Å². The van der Waals surface area contributed by atoms with Gasteiger partial charge in [0, 0.05) is 23.8 Å². The Morgan fingerprint density at radius 1 is 1.05 bits per heavy atom. The molecule has 1 aromatic rings. The van der Waals surface area contributed by atoms with Crippen molar-refractivity contribution in [3.8, 4) is 5.75 Å². The molecule has 1 aromatic carbocycles. The summed E-state index contributed by atoms with van der Waals surface area (Å²) < 4.78 is 62.1. The maximum absolute atomic E-state index is 11.1. The van der Waals surface area contributed by atoms with Gasteiger partial charge in [-0.05, 0) is 17.7 Å². The lowest BCUT2D eigenvalue weighted by molar-refractivity contribution is 0.465. The lowest BCUT2D eigenvalue weighted by Crippen LogP contribution is -2.15. The number of benzene rings is 1. The van der Waals surface area contributed by atoms with Gasteiger partial charge in [-0.25, -0.2) is 0 Å². The normalized spacial score (nSPS) is 15.7. The van der Waals surface area contributed by atoms with E-state index in [1.807, 2.05) is 0 Å². The first-order valence-electron chi connectivity index (χ1n) is 5.10. The molecule has 0 atom stereocenters. The van der Waals surface area contributed by atoms with Crippen molar-refractivity contribution in [2.45, 2.75) is 11.3 Å². The van der Waals surface area contributed by atoms with Crippen molar-refractivity contribution in [2.24, 2.45) is 0 Å². The van der Waals surface area contributed by atoms with Gasteiger partial charge in [0.25, 0.3) is 20.2 Å². The molecule has 0 unspecified atom stereocenters. The Bertz CT molecular complexity index is 850. The minimum atomic E-state index is -4.60. The van der Waals surface area contributed by atoms with Gasteiger partial charge in [0.05, 0.1) is 9.80 Å². The third-order valence-electron chi connectivity index (χ3n) is 2.72. The van der Waals surface area contributed by atoms with Crippen molar-refractivity contribution >= 4 is 32.0 Å². The zero-order valence-electron chi connectivity index (χ0n) is 9.73. The van der Waals surface area contributed by atoms with Gasteiger partial charge in [-0.15, -0.1) is 0 Å². The van der Waals surface area contributed by atoms with Crippen molar-refractivity contribution in [1.82, 2.24) is 0 Å². The summed E-state index contributed by atoms with van der Waals surface area (Å²) in [4.78, 5) is -1.14. The fraction of sp³-hybridized carbons (Fsp3) is 0.100. The number of hydrogen-bond acceptors (Lipinski definition) is 6. The molecule has 0 bridgehead atoms. The van der Waals surface area contributed by atoms with Crippen molar-refractivity contribution in [3.05, 3.63) is 28.2 Å². The molecule has 0 amide bonds. The molecule has 4 N–H and O–H groups in total. The molecule has 0 aromatic heterocycles. The van der Waals surface area contributed by atoms with Crippen LogP contribution in [0.4, 0.5) is 0 Å². The number of aromatic hydroxyl groups is 1. The molecule has 108 valence electrons. The second-order valence-electron chi connectivity index (χ2n) is 4.12. The molecule has 8 nitrogen and oxygen atoms in total. The molecule has 0 heterocycles. The van der Waals surface area contributed by atoms with Gasteiger partial charge in [0.15, 0.2) is 0 Å². The SMILES string of the molecule is N=C1CC(S(=O)(=O)O)=Cc2cc(S(=O)(=O)O)cc(O)c21. The number of nitrogens with one attached hydrogen (secondary N) is 1. The molecular formula is C10H9NO7S2. The first-order chi connectivity index (χ1) is 9.00. The van der Waals surface area contributed by atoms with Gasteiger partial charge in [0.2, 0.25) is 0 Å². The van der Waals surface area contributed by atoms with E-state index in [0.717, 1.165) is 18.2 Å². The summed E-state index contributed by atoms with van der Waals surface area (Å²) >= 11 is 0. The van der Waals surface area contributed by atoms with Crippen LogP contribution in [0.2, 0.25) is 0 Å². The molecule has 0 saturated heterocycles. The van der Waals surface area contributed by atoms with Gasteiger partial charge in [-0.2, -0.15) is 16.8 Å². The van der Waals surface area contributed by atoms with Gasteiger partial charge in [-0.1, -0.05) is 0 Å². The molecule has 10 heteroatoms. The number of rotatable bonds is 2. The summed E-state index contributed by atoms with van der Waals surface area (Å²) in [6.45, 7) is 0. The lowest BCUT2D eigenvalue weighted by Gasteiger charge is -2.17. The molecule has 1 aliphatic carbocycles. The van der Waals surface area contributed by atoms with Crippen LogP contribution in [-0.2, 0) is 20.2 Å². The van der Waals surface area contributed by atoms with Gasteiger partial charge >= 0.3 is 0 Å². The maximum Gasteiger partial charge on any atom is 0.294 e. The van der Waals surface area contributed by atoms with Crippen LogP contribution in [0.5, 0.6) is 5.75 Å². The first kappa shape index (κ1) is 14.7. The van der Waals surface area contributed by atoms with E-state index in [2.05, 4.69) is 0 Å². The third-order valence-corrected chi connectivity index (χ3v) is 4.48. The van der Waals surface area contributed by atoms with E-state index in [0.29, 0.717) is 0 Å². The average molecular weight is 319 g/mol. The highest BCUT2D eigenvalue weighted by molar-refractivity contribution is 7.90. The second kappa shape index (κ2) is 4.38. The van der Waals surface area contributed by atoms with Crippen LogP contribution in [0, 0.1) is 5.41 Å². The fourth-order valence-corrected chi connectivity index (χ4v) is 3.01. The quantitative estimate of drug-likeness (QED) is 0.583. The van der Waals surface area contributed by atoms with E-state index < -0.39 is 42.2 Å². The van der Waals surface area contributed by atoms with E-state index in [1.165, 1.54) is 0 Å². The van der Waals surface area contributed by atoms with Crippen LogP contribution in [0.25, 0.3) is 6.08 Å². The summed E-state index contributed by atoms with van der Waals surface area (Å²) in [5, 5.41) is 17.4. The summed E-state index contributed by atoms with van der Waals surface area (Å²) in [6, 6.07) is 1.66. The Morgan fingerprint density at radius 3 is 2.15 bits per heavy atom. The number of phenolic OH excluding ortho intramolecular Hbond substituents is 1. The lowest BCUT2D eigenvalue weighted by atomic mass is 9.94. The Morgan fingerprint density at radius 2 is 1.65 bits per heavy atom. The molecule has 1 aliphatic rings. The van der Waals surface area contributed by atoms with Gasteiger partial charge in [0.1, 0.15) is 5.75 Å². The molecule has 0 saturated carbocycles. The van der Waals surface area contributed by atoms with Crippen LogP contribution in [0.15, 0.2) is 21.9 Å². The van der Waals surface area contributed by atoms with Crippen LogP contribution in [-0.4, -0.2) is 36.8 Å². The summed E-state index contributed by atoms with van der Waals surface area (Å²) in [7, 11) is -9.14. The van der Waals surface area contributed by atoms with Crippen LogP contribution < -0.4 is 0 Å². The third kappa shape index (κ3) is 2.58. The van der Waals surface area contributed by atoms with Crippen molar-refractivity contribution in [3.63, 3.8) is 0 Å². The molecule has 20 heavy (non-hydrogen) atoms. The van der Waals surface area contributed by atoms with Crippen molar-refractivity contribution < 1.29 is 31.0 Å². The first-order valence-corrected chi connectivity index (χ1v) is 7.98. The molecule has 0 aliphatic heterocycles. The van der Waals surface area contributed by atoms with Gasteiger partial charge in [-0.3, -0.25) is 9.11 Å². The summed E-state index contributed by atoms with van der Waals surface area (Å²) in [5.74, 6) is -0.578. The van der Waals surface area contributed by atoms with Crippen molar-refractivity contribution in [2.75, 3.05) is 0 Å². The molecule has 0 radical (unpaired) electrons. The highest BCUT2D eigenvalue weighted by Gasteiger charge is 2.27. The van der Waals surface area contributed by atoms with E-state index >= 15 is 0 Å². The smallest absolute Gasteiger partial charge is 0.294 e. The zero-order valence-corrected chi connectivity index (χ0v) is 11.4. The Kier molecular flexibility index (Phi) is 3.21. The van der Waals surface area contributed by atoms with Crippen LogP contribution in [0.3, 0.4) is 0 Å². The minimum Gasteiger partial charge on any atom is -0.507 e. The Labute approximate surface area is 114 Å². The molecular weight excluding hydrogens is 310 g/mol. The second-order valence-corrected chi connectivity index (χ2v) is 7.02. The Hall–Kier alpha value is -1.75. The predicted octanol–water partition coefficient (Wildman–Crippen LogP) is 0.639. The monoisotopic (exact) mass is 319 g/mol. The summed E-state index contributed by atoms with van der Waals surface area (Å²) in [6.07, 6.45) is 0.516. The molecule has 0 spiro atoms. The summed E-state index contributed by atoms with van der Waals surface area (Å²) in [5.41, 5.74) is -0.444. The van der Waals surface area contributed by atoms with E-state index in [-0.39, 0.29) is 16.8 Å². The maximum atomic E-state index is 11.1. The number of phenols is 1. The molecule has 2 rings (SSSR count). The van der Waals surface area contributed by atoms with E-state index in [4.69, 9.17) is 14.5 Å². The van der Waals surface area contributed by atoms with E-state index in [9.17, 15) is 21.9 Å². The topological polar surface area (TPSA) is 153 Å². The number of fused-ring (bicyclic) bond motifs is 1. The highest BCUT2D eigenvalue weighted by Crippen LogP contribution is 2.34. The average Bonchev–Trinajstić information content (AvgIpc) is 2.25. The predicted molar refractivity (Wildman–Crippen MR) is 68.9 cm³/mol. The largest absolute Gasteiger partial charge is 0.507 e. The fourth-order valence-electron chi connectivity index (χ4n) is 1.87. The van der Waals surface area contributed by atoms with E-state index in [1.54, 1.807) is 0 Å². The molecule has 0 fully saturated rings. The standard InChI is InChI=1S/C10H9NO7S2/c11-8-3-6(19(13,14)15)1-5-2-7(20(16,17)18)4-9(12)10(5)8/h1-2,4,11-12H,3H2,(H,13,14,15)(H,16,17,18). The van der Waals surface area contributed by atoms with Gasteiger partial charge < -0.3 is 10.5 Å². The van der Waals surface area contributed by atoms with Crippen LogP contribution >= 0.6 is 0 Å². The number of allylic oxidation sites excluding steroid dienone is 1. The van der Waals surface area contributed by atoms with Crippen LogP contribution in [0.1, 0.15) is 17.5 Å². The minimum absolute atomic E-state index is 0.0511. The Balaban J connectivity index is 2.79. The number of hydrogen-bond donors (Lipinski definition) is 4.